The lowest BCUT2D eigenvalue weighted by atomic mass is 9.96. The fraction of sp³-hybridized carbons (Fsp3) is 0.923. The van der Waals surface area contributed by atoms with Crippen LogP contribution in [0.25, 0.3) is 0 Å². The molecule has 0 aromatic heterocycles. The van der Waals surface area contributed by atoms with Gasteiger partial charge in [-0.1, -0.05) is 19.3 Å². The zero-order valence-corrected chi connectivity index (χ0v) is 13.7. The molecule has 1 saturated heterocycles. The first-order chi connectivity index (χ1) is 8.25. The topological polar surface area (TPSA) is 53.6 Å². The summed E-state index contributed by atoms with van der Waals surface area (Å²) < 4.78 is 0. The molecule has 1 aliphatic carbocycles. The number of likely N-dealkylation sites (N-methyl/N-ethyl adjacent to an activating group) is 1. The van der Waals surface area contributed by atoms with E-state index >= 15 is 0 Å². The quantitative estimate of drug-likeness (QED) is 0.456. The van der Waals surface area contributed by atoms with E-state index in [2.05, 4.69) is 22.3 Å². The highest BCUT2D eigenvalue weighted by Gasteiger charge is 2.20. The maximum absolute atomic E-state index is 5.95. The minimum atomic E-state index is 0. The minimum absolute atomic E-state index is 0. The van der Waals surface area contributed by atoms with Gasteiger partial charge < -0.3 is 16.0 Å². The Labute approximate surface area is 128 Å². The van der Waals surface area contributed by atoms with Gasteiger partial charge in [-0.25, -0.2) is 0 Å². The van der Waals surface area contributed by atoms with E-state index in [4.69, 9.17) is 5.73 Å². The predicted octanol–water partition coefficient (Wildman–Crippen LogP) is 1.94. The van der Waals surface area contributed by atoms with E-state index in [-0.39, 0.29) is 24.0 Å². The third-order valence-electron chi connectivity index (χ3n) is 4.10. The van der Waals surface area contributed by atoms with Crippen molar-refractivity contribution in [1.82, 2.24) is 10.2 Å². The molecule has 0 aromatic rings. The summed E-state index contributed by atoms with van der Waals surface area (Å²) in [6.45, 7) is 2.05. The summed E-state index contributed by atoms with van der Waals surface area (Å²) in [6.07, 6.45) is 9.09. The van der Waals surface area contributed by atoms with E-state index in [1.165, 1.54) is 51.5 Å². The summed E-state index contributed by atoms with van der Waals surface area (Å²) in [5.41, 5.74) is 5.95. The van der Waals surface area contributed by atoms with Gasteiger partial charge in [0.25, 0.3) is 0 Å². The van der Waals surface area contributed by atoms with Crippen LogP contribution in [0.3, 0.4) is 0 Å². The number of nitrogens with one attached hydrogen (secondary N) is 1. The van der Waals surface area contributed by atoms with Crippen molar-refractivity contribution in [2.45, 2.75) is 57.0 Å². The molecule has 106 valence electrons. The lowest BCUT2D eigenvalue weighted by molar-refractivity contribution is 0.317. The molecule has 2 aliphatic rings. The Morgan fingerprint density at radius 2 is 1.94 bits per heavy atom. The number of nitrogens with zero attached hydrogens (tertiary/aromatic N) is 2. The molecule has 1 aliphatic heterocycles. The van der Waals surface area contributed by atoms with Crippen LogP contribution in [0, 0.1) is 0 Å². The predicted molar refractivity (Wildman–Crippen MR) is 87.6 cm³/mol. The van der Waals surface area contributed by atoms with Crippen LogP contribution in [-0.2, 0) is 0 Å². The number of hydrogen-bond acceptors (Lipinski definition) is 2. The highest BCUT2D eigenvalue weighted by Crippen LogP contribution is 2.17. The second kappa shape index (κ2) is 8.19. The molecule has 0 amide bonds. The molecule has 18 heavy (non-hydrogen) atoms. The Morgan fingerprint density at radius 1 is 1.22 bits per heavy atom. The van der Waals surface area contributed by atoms with Crippen LogP contribution in [0.4, 0.5) is 0 Å². The fourth-order valence-electron chi connectivity index (χ4n) is 2.92. The molecule has 0 bridgehead atoms. The minimum Gasteiger partial charge on any atom is -0.370 e. The summed E-state index contributed by atoms with van der Waals surface area (Å²) in [7, 11) is 2.18. The summed E-state index contributed by atoms with van der Waals surface area (Å²) in [5.74, 6) is 0.650. The molecule has 0 spiro atoms. The molecule has 1 unspecified atom stereocenters. The first kappa shape index (κ1) is 16.0. The van der Waals surface area contributed by atoms with Gasteiger partial charge in [0.05, 0.1) is 6.54 Å². The molecule has 2 fully saturated rings. The van der Waals surface area contributed by atoms with Crippen LogP contribution in [0.5, 0.6) is 0 Å². The van der Waals surface area contributed by atoms with Crippen LogP contribution in [0.15, 0.2) is 4.99 Å². The van der Waals surface area contributed by atoms with Gasteiger partial charge in [-0.2, -0.15) is 0 Å². The zero-order valence-electron chi connectivity index (χ0n) is 11.4. The Balaban J connectivity index is 0.00000162. The second-order valence-electron chi connectivity index (χ2n) is 5.48. The van der Waals surface area contributed by atoms with Gasteiger partial charge in [-0.15, -0.1) is 24.0 Å². The first-order valence-electron chi connectivity index (χ1n) is 7.02. The molecule has 1 saturated carbocycles. The smallest absolute Gasteiger partial charge is 0.188 e. The molecule has 3 N–H and O–H groups in total. The summed E-state index contributed by atoms with van der Waals surface area (Å²) in [4.78, 5) is 6.88. The van der Waals surface area contributed by atoms with Gasteiger partial charge in [0.2, 0.25) is 0 Å². The maximum Gasteiger partial charge on any atom is 0.188 e. The van der Waals surface area contributed by atoms with E-state index in [1.54, 1.807) is 0 Å². The molecular formula is C13H27IN4. The number of nitrogens with two attached hydrogens (primary N) is 1. The molecule has 1 atom stereocenters. The second-order valence-corrected chi connectivity index (χ2v) is 5.48. The number of guanidine groups is 1. The molecule has 1 heterocycles. The lowest BCUT2D eigenvalue weighted by Gasteiger charge is -2.23. The van der Waals surface area contributed by atoms with Crippen molar-refractivity contribution in [1.29, 1.82) is 0 Å². The number of halogens is 1. The zero-order chi connectivity index (χ0) is 12.1. The Kier molecular flexibility index (Phi) is 7.29. The largest absolute Gasteiger partial charge is 0.370 e. The van der Waals surface area contributed by atoms with Crippen LogP contribution in [-0.4, -0.2) is 43.1 Å². The highest BCUT2D eigenvalue weighted by atomic mass is 127. The van der Waals surface area contributed by atoms with Gasteiger partial charge in [-0.3, -0.25) is 4.99 Å². The standard InChI is InChI=1S/C13H26N4.HI/c1-17-9-5-8-12(17)10-15-13(14)16-11-6-3-2-4-7-11;/h11-12H,2-10H2,1H3,(H3,14,15,16);1H. The number of rotatable bonds is 3. The van der Waals surface area contributed by atoms with Crippen molar-refractivity contribution >= 4 is 29.9 Å². The van der Waals surface area contributed by atoms with Crippen LogP contribution < -0.4 is 11.1 Å². The van der Waals surface area contributed by atoms with Crippen LogP contribution in [0.2, 0.25) is 0 Å². The van der Waals surface area contributed by atoms with Crippen molar-refractivity contribution in [2.75, 3.05) is 20.1 Å². The summed E-state index contributed by atoms with van der Waals surface area (Å²) in [6, 6.07) is 1.16. The van der Waals surface area contributed by atoms with Crippen LogP contribution >= 0.6 is 24.0 Å². The van der Waals surface area contributed by atoms with Crippen molar-refractivity contribution in [2.24, 2.45) is 10.7 Å². The monoisotopic (exact) mass is 366 g/mol. The van der Waals surface area contributed by atoms with Gasteiger partial charge in [-0.05, 0) is 39.3 Å². The Morgan fingerprint density at radius 3 is 2.56 bits per heavy atom. The SMILES string of the molecule is CN1CCCC1CN=C(N)NC1CCCCC1.I. The average molecular weight is 366 g/mol. The van der Waals surface area contributed by atoms with Gasteiger partial charge in [0.1, 0.15) is 0 Å². The number of hydrogen-bond donors (Lipinski definition) is 2. The Hall–Kier alpha value is -0.0400. The maximum atomic E-state index is 5.95. The first-order valence-corrected chi connectivity index (χ1v) is 7.02. The lowest BCUT2D eigenvalue weighted by Crippen LogP contribution is -2.41. The third-order valence-corrected chi connectivity index (χ3v) is 4.10. The number of likely N-dealkylation sites (tertiary alicyclic amines) is 1. The van der Waals surface area contributed by atoms with Crippen molar-refractivity contribution in [3.63, 3.8) is 0 Å². The van der Waals surface area contributed by atoms with E-state index in [9.17, 15) is 0 Å². The highest BCUT2D eigenvalue weighted by molar-refractivity contribution is 14.0. The van der Waals surface area contributed by atoms with E-state index < -0.39 is 0 Å². The average Bonchev–Trinajstić information content (AvgIpc) is 2.74. The molecule has 0 radical (unpaired) electrons. The van der Waals surface area contributed by atoms with Gasteiger partial charge >= 0.3 is 0 Å². The van der Waals surface area contributed by atoms with E-state index in [0.29, 0.717) is 18.0 Å². The van der Waals surface area contributed by atoms with E-state index in [0.717, 1.165) is 6.54 Å². The Bertz CT molecular complexity index is 264. The normalized spacial score (nSPS) is 26.9. The van der Waals surface area contributed by atoms with Crippen LogP contribution in [0.1, 0.15) is 44.9 Å². The van der Waals surface area contributed by atoms with Gasteiger partial charge in [0.15, 0.2) is 5.96 Å². The molecule has 4 nitrogen and oxygen atoms in total. The third kappa shape index (κ3) is 4.91. The molecule has 5 heteroatoms. The molecule has 0 aromatic carbocycles. The molecular weight excluding hydrogens is 339 g/mol. The van der Waals surface area contributed by atoms with E-state index in [1.807, 2.05) is 0 Å². The fourth-order valence-corrected chi connectivity index (χ4v) is 2.92. The van der Waals surface area contributed by atoms with Gasteiger partial charge in [0, 0.05) is 12.1 Å². The summed E-state index contributed by atoms with van der Waals surface area (Å²) in [5, 5.41) is 3.37. The van der Waals surface area contributed by atoms with Crippen molar-refractivity contribution < 1.29 is 0 Å². The van der Waals surface area contributed by atoms with Crippen molar-refractivity contribution in [3.8, 4) is 0 Å². The molecule has 2 rings (SSSR count). The van der Waals surface area contributed by atoms with Crippen molar-refractivity contribution in [3.05, 3.63) is 0 Å². The summed E-state index contributed by atoms with van der Waals surface area (Å²) >= 11 is 0. The number of aliphatic imine (C=N–C) groups is 1.